The van der Waals surface area contributed by atoms with Crippen molar-refractivity contribution in [2.24, 2.45) is 0 Å². The van der Waals surface area contributed by atoms with Crippen molar-refractivity contribution >= 4 is 0 Å². The van der Waals surface area contributed by atoms with E-state index in [2.05, 4.69) is 0 Å². The van der Waals surface area contributed by atoms with Gasteiger partial charge in [-0.3, -0.25) is 0 Å². The fourth-order valence-corrected chi connectivity index (χ4v) is 1.29. The molecule has 0 bridgehead atoms. The molecular weight excluding hydrogens is 1100 g/mol. The van der Waals surface area contributed by atoms with Gasteiger partial charge < -0.3 is 25.2 Å². The summed E-state index contributed by atoms with van der Waals surface area (Å²) in [7, 11) is 0. The van der Waals surface area contributed by atoms with Gasteiger partial charge in [0.15, 0.2) is 0 Å². The molecule has 9 heteroatoms. The second kappa shape index (κ2) is 20.6. The minimum absolute atomic E-state index is 0. The minimum atomic E-state index is -1.24. The van der Waals surface area contributed by atoms with E-state index in [1.807, 2.05) is 13.8 Å². The summed E-state index contributed by atoms with van der Waals surface area (Å²) in [6.45, 7) is 5.21. The fourth-order valence-electron chi connectivity index (χ4n) is 1.29. The summed E-state index contributed by atoms with van der Waals surface area (Å²) in [6, 6.07) is 0. The van der Waals surface area contributed by atoms with E-state index in [1.54, 1.807) is 6.92 Å². The molecule has 5 nitrogen and oxygen atoms in total. The second-order valence-corrected chi connectivity index (χ2v) is 3.03. The summed E-state index contributed by atoms with van der Waals surface area (Å²) in [6.07, 6.45) is -4.94. The summed E-state index contributed by atoms with van der Waals surface area (Å²) in [5.41, 5.74) is 0. The van der Waals surface area contributed by atoms with Crippen LogP contribution in [0.3, 0.4) is 0 Å². The van der Waals surface area contributed by atoms with Gasteiger partial charge in [-0.05, 0) is 6.92 Å². The van der Waals surface area contributed by atoms with Crippen LogP contribution >= 0.6 is 0 Å². The van der Waals surface area contributed by atoms with Gasteiger partial charge >= 0.3 is 0 Å². The Bertz CT molecular complexity index is 161. The van der Waals surface area contributed by atoms with Gasteiger partial charge in [0.25, 0.3) is 0 Å². The number of hydrogen-bond donors (Lipinski definition) is 4. The molecule has 0 unspecified atom stereocenters. The topological polar surface area (TPSA) is 90.2 Å². The number of hydrogen-bond acceptors (Lipinski definition) is 5. The Morgan fingerprint density at radius 1 is 0.833 bits per heavy atom. The van der Waals surface area contributed by atoms with Crippen molar-refractivity contribution in [1.82, 2.24) is 0 Å². The normalized spacial score (nSPS) is 33.2. The Labute approximate surface area is 252 Å². The van der Waals surface area contributed by atoms with E-state index in [0.717, 1.165) is 0 Å². The minimum Gasteiger partial charge on any atom is -0.394 e. The Kier molecular flexibility index (Phi) is 39.9. The predicted molar refractivity (Wildman–Crippen MR) is 50.8 cm³/mol. The summed E-state index contributed by atoms with van der Waals surface area (Å²) >= 11 is 0. The second-order valence-electron chi connectivity index (χ2n) is 3.03. The number of ether oxygens (including phenoxy) is 1. The number of aliphatic hydroxyl groups excluding tert-OH is 4. The average molecular weight is 1120 g/mol. The molecule has 1 heterocycles. The Morgan fingerprint density at radius 2 is 1.22 bits per heavy atom. The molecule has 0 saturated carbocycles. The first-order valence-corrected chi connectivity index (χ1v) is 4.88. The SMILES string of the molecule is CC.C[C@@H]1O[C@H](CO)[C@@H](O)[C@H](O)[C@H]1O.[Ac].[Ac].[Ac].[Ac]. The van der Waals surface area contributed by atoms with Crippen LogP contribution in [0.4, 0.5) is 0 Å². The summed E-state index contributed by atoms with van der Waals surface area (Å²) < 4.78 is 5.02. The number of aliphatic hydroxyl groups is 4. The van der Waals surface area contributed by atoms with Crippen molar-refractivity contribution in [3.8, 4) is 0 Å². The largest absolute Gasteiger partial charge is 0.394 e. The van der Waals surface area contributed by atoms with Crippen LogP contribution in [0.5, 0.6) is 0 Å². The standard InChI is InChI=1S/C7H14O5.C2H6.4Ac/c1-3-5(9)7(11)6(10)4(2-8)12-3;1-2;;;;/h3-11H,2H2,1H3;1-2H3;;;;/t3-,4+,5-,6+,7+;;;;;/m0...../s1. The van der Waals surface area contributed by atoms with E-state index in [0.29, 0.717) is 0 Å². The molecule has 4 radical (unpaired) electrons. The van der Waals surface area contributed by atoms with E-state index in [9.17, 15) is 15.3 Å². The zero-order chi connectivity index (χ0) is 11.3. The van der Waals surface area contributed by atoms with Crippen LogP contribution in [0, 0.1) is 176 Å². The Morgan fingerprint density at radius 3 is 1.56 bits per heavy atom. The zero-order valence-corrected chi connectivity index (χ0v) is 30.1. The monoisotopic (exact) mass is 1120 g/mol. The fraction of sp³-hybridized carbons (Fsp3) is 1.00. The van der Waals surface area contributed by atoms with Crippen LogP contribution < -0.4 is 0 Å². The molecule has 0 aromatic carbocycles. The Balaban J connectivity index is -0.0000000894. The van der Waals surface area contributed by atoms with E-state index >= 15 is 0 Å². The molecule has 1 aliphatic heterocycles. The molecule has 18 heavy (non-hydrogen) atoms. The van der Waals surface area contributed by atoms with Gasteiger partial charge in [-0.2, -0.15) is 0 Å². The van der Waals surface area contributed by atoms with Crippen LogP contribution in [0.15, 0.2) is 0 Å². The third kappa shape index (κ3) is 12.0. The van der Waals surface area contributed by atoms with E-state index in [-0.39, 0.29) is 183 Å². The first-order chi connectivity index (χ1) is 6.57. The average Bonchev–Trinajstić information content (AvgIpc) is 2.23. The molecule has 1 fully saturated rings. The Hall–Kier alpha value is 5.57. The first kappa shape index (κ1) is 34.8. The van der Waals surface area contributed by atoms with Gasteiger partial charge in [0.1, 0.15) is 24.4 Å². The van der Waals surface area contributed by atoms with Gasteiger partial charge in [-0.1, -0.05) is 13.8 Å². The van der Waals surface area contributed by atoms with Gasteiger partial charge in [-0.25, -0.2) is 0 Å². The van der Waals surface area contributed by atoms with Gasteiger partial charge in [0, 0.05) is 176 Å². The maximum Gasteiger partial charge on any atom is 0.111 e. The molecule has 5 atom stereocenters. The van der Waals surface area contributed by atoms with E-state index in [4.69, 9.17) is 9.84 Å². The maximum absolute atomic E-state index is 9.23. The predicted octanol–water partition coefficient (Wildman–Crippen LogP) is -1.13. The van der Waals surface area contributed by atoms with Gasteiger partial charge in [-0.15, -0.1) is 0 Å². The van der Waals surface area contributed by atoms with Crippen LogP contribution in [-0.2, 0) is 4.74 Å². The zero-order valence-electron chi connectivity index (χ0n) is 11.1. The van der Waals surface area contributed by atoms with Crippen molar-refractivity contribution in [3.63, 3.8) is 0 Å². The summed E-state index contributed by atoms with van der Waals surface area (Å²) in [5, 5.41) is 36.4. The van der Waals surface area contributed by atoms with Crippen LogP contribution in [0.25, 0.3) is 0 Å². The molecule has 0 aromatic rings. The summed E-state index contributed by atoms with van der Waals surface area (Å²) in [4.78, 5) is 0. The van der Waals surface area contributed by atoms with Crippen molar-refractivity contribution in [2.75, 3.05) is 6.61 Å². The molecule has 0 aromatic heterocycles. The third-order valence-corrected chi connectivity index (χ3v) is 2.13. The molecule has 4 N–H and O–H groups in total. The molecule has 1 aliphatic rings. The smallest absolute Gasteiger partial charge is 0.111 e. The van der Waals surface area contributed by atoms with E-state index < -0.39 is 30.5 Å². The van der Waals surface area contributed by atoms with E-state index in [1.165, 1.54) is 0 Å². The van der Waals surface area contributed by atoms with Crippen molar-refractivity contribution < 1.29 is 201 Å². The molecule has 1 rings (SSSR count). The van der Waals surface area contributed by atoms with Crippen molar-refractivity contribution in [2.45, 2.75) is 51.3 Å². The van der Waals surface area contributed by atoms with Crippen LogP contribution in [0.2, 0.25) is 0 Å². The van der Waals surface area contributed by atoms with Crippen molar-refractivity contribution in [3.05, 3.63) is 0 Å². The van der Waals surface area contributed by atoms with Crippen molar-refractivity contribution in [1.29, 1.82) is 0 Å². The van der Waals surface area contributed by atoms with Crippen LogP contribution in [0.1, 0.15) is 20.8 Å². The molecule has 0 spiro atoms. The molecule has 0 amide bonds. The summed E-state index contributed by atoms with van der Waals surface area (Å²) in [5.74, 6) is 0. The molecule has 1 saturated heterocycles. The molecule has 98 valence electrons. The van der Waals surface area contributed by atoms with Gasteiger partial charge in [0.2, 0.25) is 0 Å². The number of rotatable bonds is 1. The molecular formula is C9H20Ac4O5. The van der Waals surface area contributed by atoms with Crippen LogP contribution in [-0.4, -0.2) is 57.6 Å². The first-order valence-electron chi connectivity index (χ1n) is 4.88. The third-order valence-electron chi connectivity index (χ3n) is 2.13. The van der Waals surface area contributed by atoms with Gasteiger partial charge in [0.05, 0.1) is 12.7 Å². The molecule has 0 aliphatic carbocycles. The quantitative estimate of drug-likeness (QED) is 0.268. The maximum atomic E-state index is 9.23.